The van der Waals surface area contributed by atoms with Crippen molar-refractivity contribution in [2.24, 2.45) is 0 Å². The van der Waals surface area contributed by atoms with E-state index in [0.29, 0.717) is 23.7 Å². The molecule has 0 radical (unpaired) electrons. The van der Waals surface area contributed by atoms with Crippen LogP contribution >= 0.6 is 0 Å². The Morgan fingerprint density at radius 3 is 2.56 bits per heavy atom. The average molecular weight is 341 g/mol. The molecule has 0 saturated heterocycles. The van der Waals surface area contributed by atoms with Gasteiger partial charge in [0.2, 0.25) is 6.20 Å². The number of unbranched alkanes of at least 4 members (excludes halogenated alkanes) is 2. The fourth-order valence-electron chi connectivity index (χ4n) is 2.55. The third kappa shape index (κ3) is 6.30. The number of ether oxygens (including phenoxy) is 2. The lowest BCUT2D eigenvalue weighted by molar-refractivity contribution is -0.400. The molecule has 0 aliphatic heterocycles. The van der Waals surface area contributed by atoms with Crippen LogP contribution in [0.25, 0.3) is 6.08 Å². The van der Waals surface area contributed by atoms with Crippen molar-refractivity contribution in [2.75, 3.05) is 13.7 Å². The molecule has 0 N–H and O–H groups in total. The SMILES string of the molecule is COc1cccc(/C=C/[N+](=O)[O-])c1OCCCCCc1ccccc1. The highest BCUT2D eigenvalue weighted by atomic mass is 16.6. The van der Waals surface area contributed by atoms with Crippen LogP contribution in [0, 0.1) is 10.1 Å². The first-order valence-electron chi connectivity index (χ1n) is 8.36. The molecule has 25 heavy (non-hydrogen) atoms. The van der Waals surface area contributed by atoms with Crippen LogP contribution in [-0.4, -0.2) is 18.6 Å². The van der Waals surface area contributed by atoms with Gasteiger partial charge in [-0.1, -0.05) is 42.5 Å². The van der Waals surface area contributed by atoms with Gasteiger partial charge in [0.05, 0.1) is 18.6 Å². The van der Waals surface area contributed by atoms with E-state index in [1.807, 2.05) is 6.07 Å². The molecule has 0 bridgehead atoms. The van der Waals surface area contributed by atoms with E-state index in [2.05, 4.69) is 24.3 Å². The van der Waals surface area contributed by atoms with E-state index in [-0.39, 0.29) is 0 Å². The zero-order valence-electron chi connectivity index (χ0n) is 14.4. The fraction of sp³-hybridized carbons (Fsp3) is 0.300. The molecule has 2 aromatic rings. The van der Waals surface area contributed by atoms with Crippen LogP contribution < -0.4 is 9.47 Å². The van der Waals surface area contributed by atoms with E-state index in [0.717, 1.165) is 31.9 Å². The maximum Gasteiger partial charge on any atom is 0.235 e. The van der Waals surface area contributed by atoms with Gasteiger partial charge in [0.15, 0.2) is 11.5 Å². The second-order valence-electron chi connectivity index (χ2n) is 5.62. The summed E-state index contributed by atoms with van der Waals surface area (Å²) in [5.74, 6) is 1.13. The number of benzene rings is 2. The number of rotatable bonds is 10. The lowest BCUT2D eigenvalue weighted by Crippen LogP contribution is -2.01. The van der Waals surface area contributed by atoms with Crippen molar-refractivity contribution in [1.82, 2.24) is 0 Å². The summed E-state index contributed by atoms with van der Waals surface area (Å²) in [4.78, 5) is 10.0. The summed E-state index contributed by atoms with van der Waals surface area (Å²) in [5.41, 5.74) is 1.99. The summed E-state index contributed by atoms with van der Waals surface area (Å²) < 4.78 is 11.1. The van der Waals surface area contributed by atoms with Gasteiger partial charge in [-0.05, 0) is 37.3 Å². The molecule has 5 nitrogen and oxygen atoms in total. The third-order valence-electron chi connectivity index (χ3n) is 3.80. The lowest BCUT2D eigenvalue weighted by atomic mass is 10.1. The van der Waals surface area contributed by atoms with E-state index in [9.17, 15) is 10.1 Å². The van der Waals surface area contributed by atoms with Gasteiger partial charge in [0, 0.05) is 11.6 Å². The zero-order chi connectivity index (χ0) is 17.9. The second kappa shape index (κ2) is 10.1. The maximum absolute atomic E-state index is 10.5. The minimum absolute atomic E-state index is 0.493. The van der Waals surface area contributed by atoms with Crippen molar-refractivity contribution in [3.8, 4) is 11.5 Å². The standard InChI is InChI=1S/C20H23NO4/c1-24-19-13-8-12-18(14-15-21(22)23)20(19)25-16-7-3-6-11-17-9-4-2-5-10-17/h2,4-5,8-10,12-15H,3,6-7,11,16H2,1H3/b15-14+. The first kappa shape index (κ1) is 18.5. The van der Waals surface area contributed by atoms with E-state index in [1.54, 1.807) is 25.3 Å². The molecule has 132 valence electrons. The summed E-state index contributed by atoms with van der Waals surface area (Å²) in [6.45, 7) is 0.550. The maximum atomic E-state index is 10.5. The molecule has 0 saturated carbocycles. The lowest BCUT2D eigenvalue weighted by Gasteiger charge is -2.13. The minimum atomic E-state index is -0.493. The number of hydrogen-bond donors (Lipinski definition) is 0. The van der Waals surface area contributed by atoms with E-state index >= 15 is 0 Å². The van der Waals surface area contributed by atoms with Gasteiger partial charge in [-0.3, -0.25) is 10.1 Å². The Hall–Kier alpha value is -2.82. The molecular formula is C20H23NO4. The van der Waals surface area contributed by atoms with Gasteiger partial charge in [0.1, 0.15) is 0 Å². The van der Waals surface area contributed by atoms with Crippen molar-refractivity contribution in [1.29, 1.82) is 0 Å². The quantitative estimate of drug-likeness (QED) is 0.356. The highest BCUT2D eigenvalue weighted by molar-refractivity contribution is 5.61. The Kier molecular flexibility index (Phi) is 7.50. The Balaban J connectivity index is 1.84. The van der Waals surface area contributed by atoms with Gasteiger partial charge in [-0.2, -0.15) is 0 Å². The van der Waals surface area contributed by atoms with Gasteiger partial charge >= 0.3 is 0 Å². The first-order chi connectivity index (χ1) is 12.2. The Morgan fingerprint density at radius 1 is 1.04 bits per heavy atom. The molecule has 0 atom stereocenters. The molecular weight excluding hydrogens is 318 g/mol. The number of methoxy groups -OCH3 is 1. The predicted molar refractivity (Wildman–Crippen MR) is 98.5 cm³/mol. The Morgan fingerprint density at radius 2 is 1.84 bits per heavy atom. The summed E-state index contributed by atoms with van der Waals surface area (Å²) in [7, 11) is 1.56. The number of aryl methyl sites for hydroxylation is 1. The number of nitro groups is 1. The van der Waals surface area contributed by atoms with Crippen LogP contribution in [0.5, 0.6) is 11.5 Å². The molecule has 0 unspecified atom stereocenters. The van der Waals surface area contributed by atoms with Crippen molar-refractivity contribution in [3.63, 3.8) is 0 Å². The Bertz CT molecular complexity index is 698. The third-order valence-corrected chi connectivity index (χ3v) is 3.80. The van der Waals surface area contributed by atoms with E-state index in [4.69, 9.17) is 9.47 Å². The summed E-state index contributed by atoms with van der Waals surface area (Å²) in [6.07, 6.45) is 6.47. The molecule has 0 aromatic heterocycles. The van der Waals surface area contributed by atoms with Crippen LogP contribution in [0.4, 0.5) is 0 Å². The summed E-state index contributed by atoms with van der Waals surface area (Å²) in [5, 5.41) is 10.5. The highest BCUT2D eigenvalue weighted by Gasteiger charge is 2.09. The number of hydrogen-bond acceptors (Lipinski definition) is 4. The number of para-hydroxylation sites is 1. The van der Waals surface area contributed by atoms with Gasteiger partial charge in [-0.25, -0.2) is 0 Å². The zero-order valence-corrected chi connectivity index (χ0v) is 14.4. The van der Waals surface area contributed by atoms with Crippen LogP contribution in [0.2, 0.25) is 0 Å². The molecule has 0 fully saturated rings. The molecule has 0 amide bonds. The van der Waals surface area contributed by atoms with Crippen LogP contribution in [0.3, 0.4) is 0 Å². The molecule has 2 rings (SSSR count). The van der Waals surface area contributed by atoms with Crippen LogP contribution in [0.15, 0.2) is 54.7 Å². The van der Waals surface area contributed by atoms with E-state index in [1.165, 1.54) is 11.6 Å². The molecule has 0 spiro atoms. The van der Waals surface area contributed by atoms with Gasteiger partial charge in [-0.15, -0.1) is 0 Å². The van der Waals surface area contributed by atoms with Crippen LogP contribution in [0.1, 0.15) is 30.4 Å². The van der Waals surface area contributed by atoms with Crippen molar-refractivity contribution in [3.05, 3.63) is 76.0 Å². The summed E-state index contributed by atoms with van der Waals surface area (Å²) >= 11 is 0. The molecule has 2 aromatic carbocycles. The van der Waals surface area contributed by atoms with Crippen molar-refractivity contribution < 1.29 is 14.4 Å². The Labute approximate surface area is 148 Å². The van der Waals surface area contributed by atoms with Gasteiger partial charge in [0.25, 0.3) is 0 Å². The average Bonchev–Trinajstić information content (AvgIpc) is 2.64. The smallest absolute Gasteiger partial charge is 0.235 e. The normalized spacial score (nSPS) is 10.8. The first-order valence-corrected chi connectivity index (χ1v) is 8.36. The van der Waals surface area contributed by atoms with Crippen molar-refractivity contribution in [2.45, 2.75) is 25.7 Å². The highest BCUT2D eigenvalue weighted by Crippen LogP contribution is 2.32. The number of nitrogens with zero attached hydrogens (tertiary/aromatic N) is 1. The fourth-order valence-corrected chi connectivity index (χ4v) is 2.55. The molecule has 0 aliphatic carbocycles. The topological polar surface area (TPSA) is 61.6 Å². The molecule has 0 aliphatic rings. The molecule has 5 heteroatoms. The predicted octanol–water partition coefficient (Wildman–Crippen LogP) is 4.73. The monoisotopic (exact) mass is 341 g/mol. The van der Waals surface area contributed by atoms with Gasteiger partial charge < -0.3 is 9.47 Å². The van der Waals surface area contributed by atoms with Crippen LogP contribution in [-0.2, 0) is 6.42 Å². The van der Waals surface area contributed by atoms with Crippen molar-refractivity contribution >= 4 is 6.08 Å². The van der Waals surface area contributed by atoms with E-state index < -0.39 is 4.92 Å². The molecule has 0 heterocycles. The second-order valence-corrected chi connectivity index (χ2v) is 5.62. The largest absolute Gasteiger partial charge is 0.493 e. The summed E-state index contributed by atoms with van der Waals surface area (Å²) in [6, 6.07) is 15.8. The minimum Gasteiger partial charge on any atom is -0.493 e.